The summed E-state index contributed by atoms with van der Waals surface area (Å²) in [4.78, 5) is 4.30. The monoisotopic (exact) mass is 237 g/mol. The number of guanidine groups is 1. The van der Waals surface area contributed by atoms with E-state index in [9.17, 15) is 0 Å². The molecular weight excluding hydrogens is 210 g/mol. The molecular formula is C14H27N3. The summed E-state index contributed by atoms with van der Waals surface area (Å²) in [5.74, 6) is 1.80. The van der Waals surface area contributed by atoms with Crippen molar-refractivity contribution in [1.82, 2.24) is 10.6 Å². The number of aliphatic imine (C=N–C) groups is 1. The van der Waals surface area contributed by atoms with E-state index in [0.717, 1.165) is 18.4 Å². The van der Waals surface area contributed by atoms with Gasteiger partial charge in [0.05, 0.1) is 0 Å². The number of nitrogens with zero attached hydrogens (tertiary/aromatic N) is 1. The highest BCUT2D eigenvalue weighted by atomic mass is 15.2. The number of hydrogen-bond donors (Lipinski definition) is 2. The van der Waals surface area contributed by atoms with Gasteiger partial charge in [-0.2, -0.15) is 0 Å². The zero-order chi connectivity index (χ0) is 12.3. The van der Waals surface area contributed by atoms with Gasteiger partial charge in [-0.1, -0.05) is 20.3 Å². The minimum absolute atomic E-state index is 0.551. The second-order valence-corrected chi connectivity index (χ2v) is 6.30. The van der Waals surface area contributed by atoms with Crippen LogP contribution >= 0.6 is 0 Å². The first kappa shape index (κ1) is 12.7. The second-order valence-electron chi connectivity index (χ2n) is 6.30. The predicted octanol–water partition coefficient (Wildman–Crippen LogP) is 2.53. The molecule has 0 unspecified atom stereocenters. The first-order valence-electron chi connectivity index (χ1n) is 7.11. The van der Waals surface area contributed by atoms with Gasteiger partial charge in [0.1, 0.15) is 0 Å². The molecule has 0 aliphatic heterocycles. The largest absolute Gasteiger partial charge is 0.356 e. The summed E-state index contributed by atoms with van der Waals surface area (Å²) in [6, 6.07) is 0.684. The van der Waals surface area contributed by atoms with Crippen molar-refractivity contribution in [2.75, 3.05) is 13.6 Å². The van der Waals surface area contributed by atoms with E-state index in [1.165, 1.54) is 38.5 Å². The second kappa shape index (κ2) is 5.28. The van der Waals surface area contributed by atoms with Crippen LogP contribution in [0.2, 0.25) is 0 Å². The summed E-state index contributed by atoms with van der Waals surface area (Å²) in [6.45, 7) is 5.76. The summed E-state index contributed by atoms with van der Waals surface area (Å²) in [5.41, 5.74) is 0.551. The van der Waals surface area contributed by atoms with Crippen molar-refractivity contribution in [1.29, 1.82) is 0 Å². The molecule has 0 atom stereocenters. The van der Waals surface area contributed by atoms with Gasteiger partial charge < -0.3 is 10.6 Å². The number of nitrogens with one attached hydrogen (secondary N) is 2. The van der Waals surface area contributed by atoms with Crippen LogP contribution in [-0.2, 0) is 0 Å². The Morgan fingerprint density at radius 2 is 2.06 bits per heavy atom. The van der Waals surface area contributed by atoms with Crippen molar-refractivity contribution in [2.45, 2.75) is 58.4 Å². The van der Waals surface area contributed by atoms with Gasteiger partial charge >= 0.3 is 0 Å². The molecule has 98 valence electrons. The summed E-state index contributed by atoms with van der Waals surface area (Å²) in [6.07, 6.45) is 8.14. The van der Waals surface area contributed by atoms with Gasteiger partial charge in [0.15, 0.2) is 5.96 Å². The Morgan fingerprint density at radius 3 is 2.47 bits per heavy atom. The van der Waals surface area contributed by atoms with Crippen LogP contribution in [0.3, 0.4) is 0 Å². The summed E-state index contributed by atoms with van der Waals surface area (Å²) in [5, 5.41) is 6.98. The van der Waals surface area contributed by atoms with Crippen molar-refractivity contribution < 1.29 is 0 Å². The Morgan fingerprint density at radius 1 is 1.35 bits per heavy atom. The smallest absolute Gasteiger partial charge is 0.191 e. The maximum atomic E-state index is 4.30. The van der Waals surface area contributed by atoms with Crippen molar-refractivity contribution in [2.24, 2.45) is 16.3 Å². The molecule has 0 radical (unpaired) electrons. The molecule has 0 aromatic carbocycles. The lowest BCUT2D eigenvalue weighted by Crippen LogP contribution is -2.47. The van der Waals surface area contributed by atoms with Gasteiger partial charge in [-0.3, -0.25) is 4.99 Å². The van der Waals surface area contributed by atoms with Crippen molar-refractivity contribution in [3.8, 4) is 0 Å². The highest BCUT2D eigenvalue weighted by molar-refractivity contribution is 5.80. The van der Waals surface area contributed by atoms with Gasteiger partial charge in [-0.15, -0.1) is 0 Å². The van der Waals surface area contributed by atoms with Gasteiger partial charge in [-0.25, -0.2) is 0 Å². The van der Waals surface area contributed by atoms with E-state index in [0.29, 0.717) is 11.5 Å². The molecule has 0 spiro atoms. The number of rotatable bonds is 5. The highest BCUT2D eigenvalue weighted by Crippen LogP contribution is 2.45. The minimum Gasteiger partial charge on any atom is -0.356 e. The van der Waals surface area contributed by atoms with E-state index in [1.807, 2.05) is 7.05 Å². The SMILES string of the molecule is CN=C(NCC1(CC(C)C)CCC1)NC1CC1. The highest BCUT2D eigenvalue weighted by Gasteiger charge is 2.37. The normalized spacial score (nSPS) is 23.4. The van der Waals surface area contributed by atoms with Crippen LogP contribution in [0.25, 0.3) is 0 Å². The number of hydrogen-bond acceptors (Lipinski definition) is 1. The van der Waals surface area contributed by atoms with Crippen molar-refractivity contribution >= 4 is 5.96 Å². The molecule has 17 heavy (non-hydrogen) atoms. The Hall–Kier alpha value is -0.730. The van der Waals surface area contributed by atoms with Gasteiger partial charge in [0.2, 0.25) is 0 Å². The van der Waals surface area contributed by atoms with Crippen LogP contribution in [0.4, 0.5) is 0 Å². The van der Waals surface area contributed by atoms with Crippen LogP contribution in [0.15, 0.2) is 4.99 Å². The molecule has 0 amide bonds. The van der Waals surface area contributed by atoms with Gasteiger partial charge in [0, 0.05) is 19.6 Å². The fourth-order valence-corrected chi connectivity index (χ4v) is 2.88. The molecule has 2 aliphatic rings. The third kappa shape index (κ3) is 3.62. The van der Waals surface area contributed by atoms with E-state index in [1.54, 1.807) is 0 Å². The Labute approximate surface area is 105 Å². The lowest BCUT2D eigenvalue weighted by Gasteiger charge is -2.43. The lowest BCUT2D eigenvalue weighted by molar-refractivity contribution is 0.104. The van der Waals surface area contributed by atoms with E-state index >= 15 is 0 Å². The first-order chi connectivity index (χ1) is 8.13. The quantitative estimate of drug-likeness (QED) is 0.569. The molecule has 0 heterocycles. The predicted molar refractivity (Wildman–Crippen MR) is 73.3 cm³/mol. The van der Waals surface area contributed by atoms with E-state index in [4.69, 9.17) is 0 Å². The average molecular weight is 237 g/mol. The van der Waals surface area contributed by atoms with E-state index in [-0.39, 0.29) is 0 Å². The summed E-state index contributed by atoms with van der Waals surface area (Å²) in [7, 11) is 1.87. The Balaban J connectivity index is 1.77. The van der Waals surface area contributed by atoms with Crippen LogP contribution < -0.4 is 10.6 Å². The maximum Gasteiger partial charge on any atom is 0.191 e. The third-order valence-electron chi connectivity index (χ3n) is 4.03. The fourth-order valence-electron chi connectivity index (χ4n) is 2.88. The Bertz CT molecular complexity index is 275. The molecule has 2 N–H and O–H groups in total. The minimum atomic E-state index is 0.551. The zero-order valence-corrected chi connectivity index (χ0v) is 11.6. The lowest BCUT2D eigenvalue weighted by atomic mass is 9.64. The van der Waals surface area contributed by atoms with Crippen molar-refractivity contribution in [3.63, 3.8) is 0 Å². The van der Waals surface area contributed by atoms with E-state index in [2.05, 4.69) is 29.5 Å². The van der Waals surface area contributed by atoms with Crippen LogP contribution in [0.1, 0.15) is 52.4 Å². The Kier molecular flexibility index (Phi) is 3.95. The molecule has 0 saturated heterocycles. The molecule has 2 saturated carbocycles. The molecule has 2 fully saturated rings. The molecule has 2 rings (SSSR count). The van der Waals surface area contributed by atoms with Crippen LogP contribution in [-0.4, -0.2) is 25.6 Å². The molecule has 0 aromatic heterocycles. The maximum absolute atomic E-state index is 4.30. The third-order valence-corrected chi connectivity index (χ3v) is 4.03. The molecule has 0 aromatic rings. The van der Waals surface area contributed by atoms with Gasteiger partial charge in [-0.05, 0) is 43.4 Å². The molecule has 3 nitrogen and oxygen atoms in total. The topological polar surface area (TPSA) is 36.4 Å². The van der Waals surface area contributed by atoms with E-state index < -0.39 is 0 Å². The standard InChI is InChI=1S/C14H27N3/c1-11(2)9-14(7-4-8-14)10-16-13(15-3)17-12-5-6-12/h11-12H,4-10H2,1-3H3,(H2,15,16,17). The van der Waals surface area contributed by atoms with Crippen LogP contribution in [0.5, 0.6) is 0 Å². The molecule has 2 aliphatic carbocycles. The summed E-state index contributed by atoms with van der Waals surface area (Å²) < 4.78 is 0. The fraction of sp³-hybridized carbons (Fsp3) is 0.929. The van der Waals surface area contributed by atoms with Crippen molar-refractivity contribution in [3.05, 3.63) is 0 Å². The first-order valence-corrected chi connectivity index (χ1v) is 7.11. The average Bonchev–Trinajstić information content (AvgIpc) is 3.03. The van der Waals surface area contributed by atoms with Crippen LogP contribution in [0, 0.1) is 11.3 Å². The van der Waals surface area contributed by atoms with Gasteiger partial charge in [0.25, 0.3) is 0 Å². The molecule has 3 heteroatoms. The zero-order valence-electron chi connectivity index (χ0n) is 11.6. The summed E-state index contributed by atoms with van der Waals surface area (Å²) >= 11 is 0. The molecule has 0 bridgehead atoms.